The summed E-state index contributed by atoms with van der Waals surface area (Å²) in [5.41, 5.74) is 0.561. The SMILES string of the molecule is COc1ccc(C(C#N)C(C)(C)CC=O)cc1. The van der Waals surface area contributed by atoms with E-state index in [1.165, 1.54) is 0 Å². The number of aldehydes is 1. The summed E-state index contributed by atoms with van der Waals surface area (Å²) in [4.78, 5) is 10.6. The van der Waals surface area contributed by atoms with Crippen molar-refractivity contribution in [3.05, 3.63) is 29.8 Å². The van der Waals surface area contributed by atoms with Crippen LogP contribution in [0.25, 0.3) is 0 Å². The van der Waals surface area contributed by atoms with E-state index < -0.39 is 0 Å². The lowest BCUT2D eigenvalue weighted by Crippen LogP contribution is -2.21. The molecule has 1 aromatic rings. The van der Waals surface area contributed by atoms with Crippen LogP contribution in [0.1, 0.15) is 31.7 Å². The molecule has 1 unspecified atom stereocenters. The van der Waals surface area contributed by atoms with Crippen molar-refractivity contribution in [1.29, 1.82) is 5.26 Å². The minimum Gasteiger partial charge on any atom is -0.497 e. The molecular formula is C14H17NO2. The molecule has 17 heavy (non-hydrogen) atoms. The highest BCUT2D eigenvalue weighted by Crippen LogP contribution is 2.37. The molecule has 1 atom stereocenters. The van der Waals surface area contributed by atoms with Crippen molar-refractivity contribution in [1.82, 2.24) is 0 Å². The van der Waals surface area contributed by atoms with Crippen LogP contribution >= 0.6 is 0 Å². The van der Waals surface area contributed by atoms with E-state index in [2.05, 4.69) is 6.07 Å². The lowest BCUT2D eigenvalue weighted by molar-refractivity contribution is -0.109. The first-order chi connectivity index (χ1) is 8.05. The predicted molar refractivity (Wildman–Crippen MR) is 65.8 cm³/mol. The van der Waals surface area contributed by atoms with Crippen LogP contribution in [-0.2, 0) is 4.79 Å². The maximum Gasteiger partial charge on any atom is 0.120 e. The van der Waals surface area contributed by atoms with Crippen molar-refractivity contribution in [3.63, 3.8) is 0 Å². The first-order valence-corrected chi connectivity index (χ1v) is 5.52. The average Bonchev–Trinajstić information content (AvgIpc) is 2.30. The molecule has 0 aliphatic heterocycles. The quantitative estimate of drug-likeness (QED) is 0.732. The third kappa shape index (κ3) is 3.07. The van der Waals surface area contributed by atoms with E-state index in [-0.39, 0.29) is 11.3 Å². The standard InChI is InChI=1S/C14H17NO2/c1-14(2,8-9-16)13(10-15)11-4-6-12(17-3)7-5-11/h4-7,9,13H,8H2,1-3H3. The van der Waals surface area contributed by atoms with Crippen LogP contribution in [0.3, 0.4) is 0 Å². The van der Waals surface area contributed by atoms with Gasteiger partial charge in [0.15, 0.2) is 0 Å². The van der Waals surface area contributed by atoms with E-state index in [1.54, 1.807) is 7.11 Å². The van der Waals surface area contributed by atoms with E-state index in [9.17, 15) is 10.1 Å². The van der Waals surface area contributed by atoms with Crippen LogP contribution in [0.2, 0.25) is 0 Å². The number of rotatable bonds is 5. The number of nitrogens with zero attached hydrogens (tertiary/aromatic N) is 1. The van der Waals surface area contributed by atoms with Gasteiger partial charge in [-0.1, -0.05) is 26.0 Å². The van der Waals surface area contributed by atoms with Crippen molar-refractivity contribution in [2.24, 2.45) is 5.41 Å². The molecule has 0 saturated heterocycles. The van der Waals surface area contributed by atoms with Crippen molar-refractivity contribution in [3.8, 4) is 11.8 Å². The Morgan fingerprint density at radius 1 is 1.41 bits per heavy atom. The molecule has 0 bridgehead atoms. The zero-order valence-corrected chi connectivity index (χ0v) is 10.4. The van der Waals surface area contributed by atoms with Crippen LogP contribution in [0.5, 0.6) is 5.75 Å². The largest absolute Gasteiger partial charge is 0.497 e. The van der Waals surface area contributed by atoms with Gasteiger partial charge < -0.3 is 9.53 Å². The van der Waals surface area contributed by atoms with Gasteiger partial charge in [0.1, 0.15) is 12.0 Å². The Morgan fingerprint density at radius 2 is 2.00 bits per heavy atom. The van der Waals surface area contributed by atoms with E-state index in [1.807, 2.05) is 38.1 Å². The second-order valence-corrected chi connectivity index (χ2v) is 4.69. The molecule has 0 fully saturated rings. The first kappa shape index (κ1) is 13.2. The van der Waals surface area contributed by atoms with Crippen LogP contribution in [0, 0.1) is 16.7 Å². The molecule has 90 valence electrons. The molecule has 3 nitrogen and oxygen atoms in total. The Morgan fingerprint density at radius 3 is 2.41 bits per heavy atom. The number of methoxy groups -OCH3 is 1. The van der Waals surface area contributed by atoms with Gasteiger partial charge in [0.05, 0.1) is 19.1 Å². The summed E-state index contributed by atoms with van der Waals surface area (Å²) in [6.07, 6.45) is 1.24. The van der Waals surface area contributed by atoms with Crippen LogP contribution in [0.15, 0.2) is 24.3 Å². The van der Waals surface area contributed by atoms with Crippen molar-refractivity contribution >= 4 is 6.29 Å². The number of ether oxygens (including phenoxy) is 1. The zero-order chi connectivity index (χ0) is 12.9. The van der Waals surface area contributed by atoms with E-state index >= 15 is 0 Å². The number of nitriles is 1. The lowest BCUT2D eigenvalue weighted by Gasteiger charge is -2.27. The van der Waals surface area contributed by atoms with Gasteiger partial charge in [-0.05, 0) is 23.1 Å². The Balaban J connectivity index is 3.01. The van der Waals surface area contributed by atoms with Gasteiger partial charge >= 0.3 is 0 Å². The summed E-state index contributed by atoms with van der Waals surface area (Å²) in [7, 11) is 1.60. The van der Waals surface area contributed by atoms with E-state index in [0.717, 1.165) is 17.6 Å². The number of hydrogen-bond acceptors (Lipinski definition) is 3. The summed E-state index contributed by atoms with van der Waals surface area (Å²) >= 11 is 0. The molecule has 0 aliphatic rings. The minimum absolute atomic E-state index is 0.293. The zero-order valence-electron chi connectivity index (χ0n) is 10.4. The van der Waals surface area contributed by atoms with Gasteiger partial charge in [-0.3, -0.25) is 0 Å². The number of benzene rings is 1. The third-order valence-corrected chi connectivity index (χ3v) is 2.97. The van der Waals surface area contributed by atoms with Gasteiger partial charge in [0.2, 0.25) is 0 Å². The van der Waals surface area contributed by atoms with Crippen molar-refractivity contribution in [2.75, 3.05) is 7.11 Å². The molecule has 1 aromatic carbocycles. The first-order valence-electron chi connectivity index (χ1n) is 5.52. The summed E-state index contributed by atoms with van der Waals surface area (Å²) in [5, 5.41) is 9.27. The van der Waals surface area contributed by atoms with Gasteiger partial charge in [-0.25, -0.2) is 0 Å². The number of carbonyl (C=O) groups is 1. The smallest absolute Gasteiger partial charge is 0.120 e. The molecule has 0 N–H and O–H groups in total. The summed E-state index contributed by atoms with van der Waals surface area (Å²) in [6.45, 7) is 3.86. The average molecular weight is 231 g/mol. The lowest BCUT2D eigenvalue weighted by atomic mass is 9.74. The van der Waals surface area contributed by atoms with Crippen LogP contribution in [-0.4, -0.2) is 13.4 Å². The van der Waals surface area contributed by atoms with Gasteiger partial charge in [-0.2, -0.15) is 5.26 Å². The third-order valence-electron chi connectivity index (χ3n) is 2.97. The Bertz CT molecular complexity index is 415. The molecule has 0 radical (unpaired) electrons. The van der Waals surface area contributed by atoms with E-state index in [0.29, 0.717) is 6.42 Å². The normalized spacial score (nSPS) is 12.6. The fourth-order valence-electron chi connectivity index (χ4n) is 1.83. The van der Waals surface area contributed by atoms with Gasteiger partial charge in [0, 0.05) is 6.42 Å². The second kappa shape index (κ2) is 5.49. The summed E-state index contributed by atoms with van der Waals surface area (Å²) in [6, 6.07) is 9.69. The highest BCUT2D eigenvalue weighted by Gasteiger charge is 2.30. The number of hydrogen-bond donors (Lipinski definition) is 0. The highest BCUT2D eigenvalue weighted by atomic mass is 16.5. The molecule has 0 heterocycles. The molecular weight excluding hydrogens is 214 g/mol. The summed E-state index contributed by atoms with van der Waals surface area (Å²) < 4.78 is 5.08. The Kier molecular flexibility index (Phi) is 4.28. The number of carbonyl (C=O) groups excluding carboxylic acids is 1. The Hall–Kier alpha value is -1.82. The molecule has 0 saturated carbocycles. The molecule has 3 heteroatoms. The van der Waals surface area contributed by atoms with Gasteiger partial charge in [-0.15, -0.1) is 0 Å². The monoisotopic (exact) mass is 231 g/mol. The van der Waals surface area contributed by atoms with Crippen LogP contribution < -0.4 is 4.74 Å². The van der Waals surface area contributed by atoms with Crippen LogP contribution in [0.4, 0.5) is 0 Å². The minimum atomic E-state index is -0.356. The highest BCUT2D eigenvalue weighted by molar-refractivity contribution is 5.51. The fourth-order valence-corrected chi connectivity index (χ4v) is 1.83. The maximum absolute atomic E-state index is 10.6. The maximum atomic E-state index is 10.6. The topological polar surface area (TPSA) is 50.1 Å². The van der Waals surface area contributed by atoms with E-state index in [4.69, 9.17) is 4.74 Å². The molecule has 0 spiro atoms. The molecule has 0 aliphatic carbocycles. The predicted octanol–water partition coefficient (Wildman–Crippen LogP) is 2.92. The van der Waals surface area contributed by atoms with Gasteiger partial charge in [0.25, 0.3) is 0 Å². The molecule has 0 amide bonds. The molecule has 1 rings (SSSR count). The van der Waals surface area contributed by atoms with Crippen molar-refractivity contribution < 1.29 is 9.53 Å². The molecule has 0 aromatic heterocycles. The fraction of sp³-hybridized carbons (Fsp3) is 0.429. The Labute approximate surface area is 102 Å². The second-order valence-electron chi connectivity index (χ2n) is 4.69. The van der Waals surface area contributed by atoms with Crippen molar-refractivity contribution in [2.45, 2.75) is 26.2 Å². The summed E-state index contributed by atoms with van der Waals surface area (Å²) in [5.74, 6) is 0.470.